The van der Waals surface area contributed by atoms with Gasteiger partial charge in [-0.05, 0) is 57.9 Å². The van der Waals surface area contributed by atoms with Crippen LogP contribution in [-0.4, -0.2) is 65.3 Å². The van der Waals surface area contributed by atoms with Crippen molar-refractivity contribution in [2.75, 3.05) is 6.54 Å². The minimum absolute atomic E-state index is 0.0323. The average Bonchev–Trinajstić information content (AvgIpc) is 3.05. The Balaban J connectivity index is 1.56. The van der Waals surface area contributed by atoms with Crippen molar-refractivity contribution >= 4 is 28.0 Å². The van der Waals surface area contributed by atoms with E-state index in [-0.39, 0.29) is 41.9 Å². The van der Waals surface area contributed by atoms with E-state index in [2.05, 4.69) is 20.8 Å². The molecule has 150 valence electrons. The van der Waals surface area contributed by atoms with Crippen LogP contribution in [0.1, 0.15) is 46.0 Å². The molecule has 0 aromatic heterocycles. The van der Waals surface area contributed by atoms with Crippen molar-refractivity contribution in [3.63, 3.8) is 0 Å². The van der Waals surface area contributed by atoms with E-state index < -0.39 is 15.3 Å². The number of amides is 2. The number of nitrogens with zero attached hydrogens (tertiary/aromatic N) is 3. The van der Waals surface area contributed by atoms with Crippen LogP contribution in [0, 0.1) is 11.3 Å². The van der Waals surface area contributed by atoms with E-state index in [9.17, 15) is 13.2 Å². The third-order valence-electron chi connectivity index (χ3n) is 6.03. The summed E-state index contributed by atoms with van der Waals surface area (Å²) in [6.45, 7) is 3.93. The van der Waals surface area contributed by atoms with Crippen molar-refractivity contribution in [1.29, 1.82) is 5.26 Å². The van der Waals surface area contributed by atoms with Crippen molar-refractivity contribution < 1.29 is 13.2 Å². The zero-order valence-electron chi connectivity index (χ0n) is 15.5. The van der Waals surface area contributed by atoms with Gasteiger partial charge in [-0.3, -0.25) is 10.2 Å². The molecule has 0 radical (unpaired) electrons. The first-order valence-electron chi connectivity index (χ1n) is 9.40. The van der Waals surface area contributed by atoms with Gasteiger partial charge in [-0.1, -0.05) is 0 Å². The summed E-state index contributed by atoms with van der Waals surface area (Å²) in [6, 6.07) is 1.56. The Kier molecular flexibility index (Phi) is 4.83. The number of nitrogens with one attached hydrogen (secondary N) is 3. The van der Waals surface area contributed by atoms with E-state index in [0.717, 1.165) is 12.8 Å². The molecule has 5 atom stereocenters. The van der Waals surface area contributed by atoms with Crippen LogP contribution in [0.2, 0.25) is 0 Å². The highest BCUT2D eigenvalue weighted by Gasteiger charge is 2.54. The minimum Gasteiger partial charge on any atom is -0.306 e. The molecule has 0 aromatic carbocycles. The van der Waals surface area contributed by atoms with E-state index in [1.807, 2.05) is 13.8 Å². The molecule has 0 bridgehead atoms. The van der Waals surface area contributed by atoms with Gasteiger partial charge >= 0.3 is 6.03 Å². The Morgan fingerprint density at radius 2 is 2.11 bits per heavy atom. The summed E-state index contributed by atoms with van der Waals surface area (Å²) in [7, 11) is -3.44. The molecule has 2 saturated carbocycles. The standard InChI is InChI=1S/C16H26N6O3S2/c1-10-18-14(26-19-10)22-13-9-11(27(24,25)20-16(2)5-6-16)3-4-12(13)21(8-7-17)15(22)23/h10-14,18-20H,3-6,8-9H2,1-2H3. The molecule has 2 aliphatic carbocycles. The predicted octanol–water partition coefficient (Wildman–Crippen LogP) is 0.480. The quantitative estimate of drug-likeness (QED) is 0.442. The minimum atomic E-state index is -3.44. The number of nitriles is 1. The summed E-state index contributed by atoms with van der Waals surface area (Å²) in [5, 5.41) is 11.9. The molecular formula is C16H26N6O3S2. The Hall–Kier alpha value is -1.06. The maximum Gasteiger partial charge on any atom is 0.323 e. The van der Waals surface area contributed by atoms with Crippen LogP contribution >= 0.6 is 11.9 Å². The van der Waals surface area contributed by atoms with Gasteiger partial charge in [0.15, 0.2) is 0 Å². The number of carbonyl (C=O) groups excluding carboxylic acids is 1. The van der Waals surface area contributed by atoms with Gasteiger partial charge in [-0.2, -0.15) is 5.26 Å². The van der Waals surface area contributed by atoms with Crippen LogP contribution in [0.5, 0.6) is 0 Å². The molecule has 2 heterocycles. The van der Waals surface area contributed by atoms with E-state index in [1.54, 1.807) is 9.80 Å². The van der Waals surface area contributed by atoms with Crippen LogP contribution in [0.3, 0.4) is 0 Å². The van der Waals surface area contributed by atoms with Crippen molar-refractivity contribution in [3.8, 4) is 6.07 Å². The fraction of sp³-hybridized carbons (Fsp3) is 0.875. The normalized spacial score (nSPS) is 38.0. The predicted molar refractivity (Wildman–Crippen MR) is 102 cm³/mol. The summed E-state index contributed by atoms with van der Waals surface area (Å²) in [4.78, 5) is 16.4. The number of urea groups is 1. The molecule has 4 aliphatic rings. The molecular weight excluding hydrogens is 388 g/mol. The molecule has 9 nitrogen and oxygen atoms in total. The van der Waals surface area contributed by atoms with Gasteiger partial charge in [0, 0.05) is 5.54 Å². The lowest BCUT2D eigenvalue weighted by Crippen LogP contribution is -2.53. The lowest BCUT2D eigenvalue weighted by Gasteiger charge is -2.37. The molecule has 0 spiro atoms. The SMILES string of the molecule is CC1NSC(N2C(=O)N(CC#N)C3CCC(S(=O)(=O)NC4(C)CC4)CC32)N1. The molecule has 2 aliphatic heterocycles. The molecule has 0 aromatic rings. The number of hydrogen-bond acceptors (Lipinski definition) is 7. The maximum absolute atomic E-state index is 13.0. The van der Waals surface area contributed by atoms with Crippen LogP contribution in [0.4, 0.5) is 4.79 Å². The van der Waals surface area contributed by atoms with Crippen LogP contribution in [0.15, 0.2) is 0 Å². The lowest BCUT2D eigenvalue weighted by atomic mass is 9.90. The van der Waals surface area contributed by atoms with Crippen molar-refractivity contribution in [1.82, 2.24) is 24.6 Å². The number of hydrogen-bond donors (Lipinski definition) is 3. The zero-order chi connectivity index (χ0) is 19.4. The second-order valence-electron chi connectivity index (χ2n) is 8.23. The third kappa shape index (κ3) is 3.53. The smallest absolute Gasteiger partial charge is 0.306 e. The number of rotatable bonds is 5. The summed E-state index contributed by atoms with van der Waals surface area (Å²) in [5.41, 5.74) is -0.560. The fourth-order valence-electron chi connectivity index (χ4n) is 4.31. The number of carbonyl (C=O) groups is 1. The van der Waals surface area contributed by atoms with Crippen molar-refractivity contribution in [2.45, 2.75) is 80.5 Å². The number of sulfonamides is 1. The Morgan fingerprint density at radius 3 is 2.70 bits per heavy atom. The van der Waals surface area contributed by atoms with Gasteiger partial charge in [-0.15, -0.1) is 0 Å². The van der Waals surface area contributed by atoms with Crippen LogP contribution < -0.4 is 14.8 Å². The van der Waals surface area contributed by atoms with Gasteiger partial charge in [0.05, 0.1) is 29.6 Å². The van der Waals surface area contributed by atoms with Crippen LogP contribution in [-0.2, 0) is 10.0 Å². The maximum atomic E-state index is 13.0. The Morgan fingerprint density at radius 1 is 1.37 bits per heavy atom. The van der Waals surface area contributed by atoms with Gasteiger partial charge in [-0.25, -0.2) is 22.7 Å². The second kappa shape index (κ2) is 6.77. The van der Waals surface area contributed by atoms with Gasteiger partial charge in [0.1, 0.15) is 12.0 Å². The Bertz CT molecular complexity index is 765. The van der Waals surface area contributed by atoms with E-state index in [0.29, 0.717) is 19.3 Å². The first-order chi connectivity index (χ1) is 12.7. The molecule has 11 heteroatoms. The molecule has 4 rings (SSSR count). The largest absolute Gasteiger partial charge is 0.323 e. The first kappa shape index (κ1) is 19.3. The van der Waals surface area contributed by atoms with Gasteiger partial charge in [0.25, 0.3) is 0 Å². The highest BCUT2D eigenvalue weighted by Crippen LogP contribution is 2.41. The van der Waals surface area contributed by atoms with E-state index in [1.165, 1.54) is 11.9 Å². The van der Waals surface area contributed by atoms with Crippen molar-refractivity contribution in [3.05, 3.63) is 0 Å². The van der Waals surface area contributed by atoms with Crippen LogP contribution in [0.25, 0.3) is 0 Å². The first-order valence-corrected chi connectivity index (χ1v) is 11.8. The summed E-state index contributed by atoms with van der Waals surface area (Å²) in [6.07, 6.45) is 3.30. The van der Waals surface area contributed by atoms with E-state index in [4.69, 9.17) is 5.26 Å². The third-order valence-corrected chi connectivity index (χ3v) is 9.19. The molecule has 4 fully saturated rings. The van der Waals surface area contributed by atoms with Gasteiger partial charge in [0.2, 0.25) is 10.0 Å². The lowest BCUT2D eigenvalue weighted by molar-refractivity contribution is 0.172. The molecule has 5 unspecified atom stereocenters. The highest BCUT2D eigenvalue weighted by molar-refractivity contribution is 7.98. The second-order valence-corrected chi connectivity index (χ2v) is 11.1. The zero-order valence-corrected chi connectivity index (χ0v) is 17.1. The monoisotopic (exact) mass is 414 g/mol. The molecule has 2 saturated heterocycles. The molecule has 3 N–H and O–H groups in total. The summed E-state index contributed by atoms with van der Waals surface area (Å²) in [5.74, 6) is 0. The van der Waals surface area contributed by atoms with E-state index >= 15 is 0 Å². The molecule has 2 amide bonds. The summed E-state index contributed by atoms with van der Waals surface area (Å²) < 4.78 is 31.8. The molecule has 27 heavy (non-hydrogen) atoms. The van der Waals surface area contributed by atoms with Gasteiger partial charge < -0.3 is 4.90 Å². The Labute approximate surface area is 164 Å². The number of fused-ring (bicyclic) bond motifs is 1. The summed E-state index contributed by atoms with van der Waals surface area (Å²) >= 11 is 1.43. The fourth-order valence-corrected chi connectivity index (χ4v) is 7.29. The van der Waals surface area contributed by atoms with Crippen molar-refractivity contribution in [2.24, 2.45) is 0 Å². The highest BCUT2D eigenvalue weighted by atomic mass is 32.2. The topological polar surface area (TPSA) is 118 Å². The average molecular weight is 415 g/mol.